The minimum atomic E-state index is -3.72. The molecule has 1 N–H and O–H groups in total. The topological polar surface area (TPSA) is 110 Å². The van der Waals surface area contributed by atoms with Gasteiger partial charge in [-0.3, -0.25) is 14.9 Å². The van der Waals surface area contributed by atoms with Gasteiger partial charge in [0, 0.05) is 31.3 Å². The monoisotopic (exact) mass is 369 g/mol. The molecule has 2 rings (SSSR count). The maximum Gasteiger partial charge on any atom is 0.311 e. The van der Waals surface area contributed by atoms with Gasteiger partial charge in [-0.2, -0.15) is 0 Å². The van der Waals surface area contributed by atoms with Crippen molar-refractivity contribution in [2.24, 2.45) is 5.92 Å². The van der Waals surface area contributed by atoms with E-state index in [1.165, 1.54) is 12.1 Å². The van der Waals surface area contributed by atoms with Gasteiger partial charge in [0.1, 0.15) is 10.6 Å². The molecular weight excluding hydrogens is 346 g/mol. The lowest BCUT2D eigenvalue weighted by atomic mass is 10.0. The predicted molar refractivity (Wildman–Crippen MR) is 94.4 cm³/mol. The van der Waals surface area contributed by atoms with Crippen molar-refractivity contribution in [3.05, 3.63) is 28.3 Å². The Hall–Kier alpha value is -2.16. The van der Waals surface area contributed by atoms with Crippen LogP contribution in [0, 0.1) is 16.0 Å². The fourth-order valence-electron chi connectivity index (χ4n) is 2.93. The molecule has 0 saturated carbocycles. The van der Waals surface area contributed by atoms with Crippen LogP contribution in [0.1, 0.15) is 26.7 Å². The lowest BCUT2D eigenvalue weighted by Gasteiger charge is -2.34. The quantitative estimate of drug-likeness (QED) is 0.625. The third-order valence-corrected chi connectivity index (χ3v) is 5.32. The second-order valence-corrected chi connectivity index (χ2v) is 8.59. The fourth-order valence-corrected chi connectivity index (χ4v) is 3.79. The number of amides is 1. The molecule has 1 amide bonds. The molecule has 8 nitrogen and oxygen atoms in total. The van der Waals surface area contributed by atoms with Crippen molar-refractivity contribution in [1.29, 1.82) is 0 Å². The Balaban J connectivity index is 2.35. The van der Waals surface area contributed by atoms with Crippen LogP contribution in [-0.4, -0.2) is 44.6 Å². The lowest BCUT2D eigenvalue weighted by Crippen LogP contribution is -2.49. The summed E-state index contributed by atoms with van der Waals surface area (Å²) in [6, 6.07) is 4.19. The van der Waals surface area contributed by atoms with Gasteiger partial charge >= 0.3 is 5.69 Å². The van der Waals surface area contributed by atoms with E-state index >= 15 is 0 Å². The Morgan fingerprint density at radius 2 is 2.08 bits per heavy atom. The summed E-state index contributed by atoms with van der Waals surface area (Å²) in [7, 11) is -3.72. The molecule has 0 spiro atoms. The van der Waals surface area contributed by atoms with Crippen LogP contribution >= 0.6 is 0 Å². The second kappa shape index (κ2) is 7.38. The number of hydrogen-bond donors (Lipinski definition) is 1. The third kappa shape index (κ3) is 4.47. The lowest BCUT2D eigenvalue weighted by molar-refractivity contribution is -0.387. The minimum Gasteiger partial charge on any atom is -0.364 e. The van der Waals surface area contributed by atoms with Gasteiger partial charge in [0.15, 0.2) is 9.84 Å². The number of benzene rings is 1. The van der Waals surface area contributed by atoms with E-state index in [0.717, 1.165) is 19.1 Å². The number of anilines is 1. The van der Waals surface area contributed by atoms with Gasteiger partial charge in [-0.25, -0.2) is 8.42 Å². The highest BCUT2D eigenvalue weighted by atomic mass is 32.2. The first-order valence-electron chi connectivity index (χ1n) is 8.14. The van der Waals surface area contributed by atoms with Crippen molar-refractivity contribution >= 4 is 27.1 Å². The van der Waals surface area contributed by atoms with E-state index in [0.29, 0.717) is 13.1 Å². The normalized spacial score (nSPS) is 18.2. The van der Waals surface area contributed by atoms with Crippen molar-refractivity contribution in [2.75, 3.05) is 24.2 Å². The number of para-hydroxylation sites is 1. The van der Waals surface area contributed by atoms with Gasteiger partial charge in [0.25, 0.3) is 0 Å². The number of carbonyl (C=O) groups excluding carboxylic acids is 1. The third-order valence-electron chi connectivity index (χ3n) is 4.19. The van der Waals surface area contributed by atoms with Crippen molar-refractivity contribution in [3.8, 4) is 0 Å². The smallest absolute Gasteiger partial charge is 0.311 e. The number of sulfone groups is 1. The molecule has 1 aliphatic heterocycles. The summed E-state index contributed by atoms with van der Waals surface area (Å²) in [6.45, 7) is 4.58. The van der Waals surface area contributed by atoms with E-state index < -0.39 is 20.4 Å². The molecule has 1 aliphatic rings. The molecule has 9 heteroatoms. The van der Waals surface area contributed by atoms with Crippen molar-refractivity contribution in [2.45, 2.75) is 37.6 Å². The zero-order valence-corrected chi connectivity index (χ0v) is 15.4. The van der Waals surface area contributed by atoms with Gasteiger partial charge in [-0.15, -0.1) is 0 Å². The maximum absolute atomic E-state index is 11.9. The first-order chi connectivity index (χ1) is 11.6. The van der Waals surface area contributed by atoms with E-state index in [9.17, 15) is 23.3 Å². The molecule has 1 saturated heterocycles. The summed E-state index contributed by atoms with van der Waals surface area (Å²) < 4.78 is 23.8. The molecule has 0 radical (unpaired) electrons. The summed E-state index contributed by atoms with van der Waals surface area (Å²) in [5.41, 5.74) is -0.128. The number of nitrogens with one attached hydrogen (secondary N) is 1. The van der Waals surface area contributed by atoms with Gasteiger partial charge in [-0.1, -0.05) is 19.9 Å². The Kier molecular flexibility index (Phi) is 5.66. The molecule has 1 heterocycles. The Labute approximate surface area is 147 Å². The molecule has 138 valence electrons. The number of nitro benzene ring substituents is 1. The molecule has 1 aromatic rings. The van der Waals surface area contributed by atoms with E-state index in [1.807, 2.05) is 0 Å². The highest BCUT2D eigenvalue weighted by Crippen LogP contribution is 2.35. The standard InChI is InChI=1S/C16H23N3O5S/c1-11(2)16(20)17-12-6-5-9-18(10-12)13-7-4-8-14(25(3,23)24)15(13)19(21)22/h4,7-8,11-12H,5-6,9-10H2,1-3H3,(H,17,20). The predicted octanol–water partition coefficient (Wildman–Crippen LogP) is 1.74. The second-order valence-electron chi connectivity index (χ2n) is 6.60. The summed E-state index contributed by atoms with van der Waals surface area (Å²) in [5.74, 6) is -0.204. The maximum atomic E-state index is 11.9. The molecule has 1 aromatic carbocycles. The van der Waals surface area contributed by atoms with Crippen LogP contribution in [0.25, 0.3) is 0 Å². The summed E-state index contributed by atoms with van der Waals surface area (Å²) in [6.07, 6.45) is 2.50. The van der Waals surface area contributed by atoms with E-state index in [1.54, 1.807) is 24.8 Å². The van der Waals surface area contributed by atoms with Gasteiger partial charge in [0.05, 0.1) is 4.92 Å². The number of rotatable bonds is 5. The summed E-state index contributed by atoms with van der Waals surface area (Å²) in [4.78, 5) is 24.3. The number of nitro groups is 1. The van der Waals surface area contributed by atoms with Gasteiger partial charge < -0.3 is 10.2 Å². The molecule has 0 aliphatic carbocycles. The minimum absolute atomic E-state index is 0.0637. The summed E-state index contributed by atoms with van der Waals surface area (Å²) in [5, 5.41) is 14.5. The zero-order valence-electron chi connectivity index (χ0n) is 14.6. The highest BCUT2D eigenvalue weighted by molar-refractivity contribution is 7.90. The van der Waals surface area contributed by atoms with Crippen molar-refractivity contribution < 1.29 is 18.1 Å². The SMILES string of the molecule is CC(C)C(=O)NC1CCCN(c2cccc(S(C)(=O)=O)c2[N+](=O)[O-])C1. The van der Waals surface area contributed by atoms with Crippen LogP contribution in [0.3, 0.4) is 0 Å². The number of carbonyl (C=O) groups is 1. The van der Waals surface area contributed by atoms with E-state index in [4.69, 9.17) is 0 Å². The molecule has 1 unspecified atom stereocenters. The molecule has 0 bridgehead atoms. The van der Waals surface area contributed by atoms with Gasteiger partial charge in [-0.05, 0) is 25.0 Å². The largest absolute Gasteiger partial charge is 0.364 e. The van der Waals surface area contributed by atoms with Crippen LogP contribution < -0.4 is 10.2 Å². The molecule has 0 aromatic heterocycles. The van der Waals surface area contributed by atoms with Crippen molar-refractivity contribution in [1.82, 2.24) is 5.32 Å². The van der Waals surface area contributed by atoms with Crippen LogP contribution in [0.15, 0.2) is 23.1 Å². The average molecular weight is 369 g/mol. The Morgan fingerprint density at radius 3 is 2.64 bits per heavy atom. The fraction of sp³-hybridized carbons (Fsp3) is 0.562. The van der Waals surface area contributed by atoms with E-state index in [-0.39, 0.29) is 28.4 Å². The number of nitrogens with zero attached hydrogens (tertiary/aromatic N) is 2. The number of piperidine rings is 1. The first-order valence-corrected chi connectivity index (χ1v) is 10.0. The number of hydrogen-bond acceptors (Lipinski definition) is 6. The van der Waals surface area contributed by atoms with Crippen LogP contribution in [0.2, 0.25) is 0 Å². The Morgan fingerprint density at radius 1 is 1.40 bits per heavy atom. The first kappa shape index (κ1) is 19.2. The molecule has 1 fully saturated rings. The van der Waals surface area contributed by atoms with Crippen LogP contribution in [0.4, 0.5) is 11.4 Å². The van der Waals surface area contributed by atoms with Crippen LogP contribution in [0.5, 0.6) is 0 Å². The molecule has 25 heavy (non-hydrogen) atoms. The molecule has 1 atom stereocenters. The Bertz CT molecular complexity index is 776. The highest BCUT2D eigenvalue weighted by Gasteiger charge is 2.31. The van der Waals surface area contributed by atoms with Crippen LogP contribution in [-0.2, 0) is 14.6 Å². The molecular formula is C16H23N3O5S. The summed E-state index contributed by atoms with van der Waals surface area (Å²) >= 11 is 0. The van der Waals surface area contributed by atoms with Gasteiger partial charge in [0.2, 0.25) is 5.91 Å². The zero-order chi connectivity index (χ0) is 18.8. The van der Waals surface area contributed by atoms with E-state index in [2.05, 4.69) is 5.32 Å². The van der Waals surface area contributed by atoms with Crippen molar-refractivity contribution in [3.63, 3.8) is 0 Å². The average Bonchev–Trinajstić information content (AvgIpc) is 2.53.